The van der Waals surface area contributed by atoms with Gasteiger partial charge in [-0.2, -0.15) is 0 Å². The molecular weight excluding hydrogens is 546 g/mol. The fraction of sp³-hybridized carbons (Fsp3) is 0.0714. The quantitative estimate of drug-likeness (QED) is 0.204. The first kappa shape index (κ1) is 26.9. The molecule has 0 bridgehead atoms. The molecule has 0 fully saturated rings. The van der Waals surface area contributed by atoms with E-state index < -0.39 is 0 Å². The van der Waals surface area contributed by atoms with Gasteiger partial charge in [0.25, 0.3) is 0 Å². The van der Waals surface area contributed by atoms with Crippen molar-refractivity contribution in [1.82, 2.24) is 15.0 Å². The Morgan fingerprint density at radius 3 is 1.82 bits per heavy atom. The molecule has 0 atom stereocenters. The molecule has 0 N–H and O–H groups in total. The predicted octanol–water partition coefficient (Wildman–Crippen LogP) is 10.5. The summed E-state index contributed by atoms with van der Waals surface area (Å²) in [5.74, 6) is 0.690. The third-order valence-corrected chi connectivity index (χ3v) is 8.97. The monoisotopic (exact) mass is 577 g/mol. The molecule has 5 aromatic carbocycles. The molecule has 0 aliphatic heterocycles. The minimum absolute atomic E-state index is 0.0954. The highest BCUT2D eigenvalue weighted by atomic mass is 14.9. The van der Waals surface area contributed by atoms with Crippen molar-refractivity contribution in [2.24, 2.45) is 0 Å². The van der Waals surface area contributed by atoms with E-state index >= 15 is 0 Å². The first-order valence-electron chi connectivity index (χ1n) is 15.4. The van der Waals surface area contributed by atoms with Gasteiger partial charge >= 0.3 is 0 Å². The lowest BCUT2D eigenvalue weighted by Gasteiger charge is -2.21. The topological polar surface area (TPSA) is 38.7 Å². The van der Waals surface area contributed by atoms with Crippen LogP contribution in [0.1, 0.15) is 25.0 Å². The standard InChI is InChI=1S/C42H31N3/c1-42(2)35-21-10-9-19-33(35)40-34(20-12-22-36(40)42)39-26-38(32-23-24-37(43-27-32)29-15-7-4-8-16-29)44-41(45-39)31-18-11-17-30(25-31)28-13-5-3-6-14-28/h3-27H,1-2H3. The van der Waals surface area contributed by atoms with Gasteiger partial charge in [-0.15, -0.1) is 0 Å². The molecule has 2 heterocycles. The number of pyridine rings is 1. The maximum atomic E-state index is 5.27. The Balaban J connectivity index is 1.32. The summed E-state index contributed by atoms with van der Waals surface area (Å²) in [5.41, 5.74) is 14.2. The van der Waals surface area contributed by atoms with Gasteiger partial charge in [0.05, 0.1) is 17.1 Å². The maximum absolute atomic E-state index is 5.27. The van der Waals surface area contributed by atoms with Crippen LogP contribution in [0.3, 0.4) is 0 Å². The average molecular weight is 578 g/mol. The Hall–Kier alpha value is -5.67. The van der Waals surface area contributed by atoms with E-state index in [1.165, 1.54) is 22.3 Å². The van der Waals surface area contributed by atoms with Crippen LogP contribution in [0, 0.1) is 0 Å². The van der Waals surface area contributed by atoms with Crippen LogP contribution in [0.25, 0.3) is 67.4 Å². The third-order valence-electron chi connectivity index (χ3n) is 8.97. The average Bonchev–Trinajstić information content (AvgIpc) is 3.35. The highest BCUT2D eigenvalue weighted by molar-refractivity contribution is 5.92. The van der Waals surface area contributed by atoms with E-state index in [1.807, 2.05) is 30.5 Å². The Morgan fingerprint density at radius 1 is 0.422 bits per heavy atom. The summed E-state index contributed by atoms with van der Waals surface area (Å²) in [7, 11) is 0. The first-order valence-corrected chi connectivity index (χ1v) is 15.4. The number of hydrogen-bond donors (Lipinski definition) is 0. The van der Waals surface area contributed by atoms with E-state index in [0.29, 0.717) is 5.82 Å². The summed E-state index contributed by atoms with van der Waals surface area (Å²) in [4.78, 5) is 15.2. The van der Waals surface area contributed by atoms with Crippen LogP contribution in [-0.4, -0.2) is 15.0 Å². The van der Waals surface area contributed by atoms with Gasteiger partial charge < -0.3 is 0 Å². The van der Waals surface area contributed by atoms with Gasteiger partial charge in [-0.25, -0.2) is 9.97 Å². The highest BCUT2D eigenvalue weighted by Gasteiger charge is 2.36. The Morgan fingerprint density at radius 2 is 1.04 bits per heavy atom. The van der Waals surface area contributed by atoms with Crippen LogP contribution < -0.4 is 0 Å². The molecule has 3 nitrogen and oxygen atoms in total. The van der Waals surface area contributed by atoms with Gasteiger partial charge in [0.15, 0.2) is 5.82 Å². The zero-order chi connectivity index (χ0) is 30.4. The normalized spacial score (nSPS) is 12.8. The lowest BCUT2D eigenvalue weighted by molar-refractivity contribution is 0.660. The summed E-state index contributed by atoms with van der Waals surface area (Å²) in [6.45, 7) is 4.63. The zero-order valence-electron chi connectivity index (χ0n) is 25.3. The number of fused-ring (bicyclic) bond motifs is 3. The van der Waals surface area contributed by atoms with Gasteiger partial charge in [0.2, 0.25) is 0 Å². The molecule has 0 radical (unpaired) electrons. The lowest BCUT2D eigenvalue weighted by Crippen LogP contribution is -2.14. The number of rotatable bonds is 5. The van der Waals surface area contributed by atoms with Crippen LogP contribution in [0.4, 0.5) is 0 Å². The molecule has 7 aromatic rings. The van der Waals surface area contributed by atoms with Gasteiger partial charge in [-0.05, 0) is 57.6 Å². The molecule has 2 aromatic heterocycles. The van der Waals surface area contributed by atoms with Crippen LogP contribution in [0.15, 0.2) is 152 Å². The van der Waals surface area contributed by atoms with Crippen molar-refractivity contribution >= 4 is 0 Å². The second kappa shape index (κ2) is 10.8. The minimum Gasteiger partial charge on any atom is -0.256 e. The van der Waals surface area contributed by atoms with E-state index in [9.17, 15) is 0 Å². The van der Waals surface area contributed by atoms with Crippen molar-refractivity contribution < 1.29 is 0 Å². The highest BCUT2D eigenvalue weighted by Crippen LogP contribution is 2.52. The van der Waals surface area contributed by atoms with Crippen molar-refractivity contribution in [2.75, 3.05) is 0 Å². The molecule has 214 valence electrons. The summed E-state index contributed by atoms with van der Waals surface area (Å²) in [5, 5.41) is 0. The van der Waals surface area contributed by atoms with Crippen molar-refractivity contribution in [3.05, 3.63) is 163 Å². The number of benzene rings is 5. The molecule has 8 rings (SSSR count). The minimum atomic E-state index is -0.0954. The van der Waals surface area contributed by atoms with E-state index in [4.69, 9.17) is 15.0 Å². The van der Waals surface area contributed by atoms with Crippen molar-refractivity contribution in [1.29, 1.82) is 0 Å². The summed E-state index contributed by atoms with van der Waals surface area (Å²) in [6.07, 6.45) is 1.92. The zero-order valence-corrected chi connectivity index (χ0v) is 25.3. The van der Waals surface area contributed by atoms with Gasteiger partial charge in [0, 0.05) is 33.9 Å². The van der Waals surface area contributed by atoms with E-state index in [1.54, 1.807) is 0 Å². The lowest BCUT2D eigenvalue weighted by atomic mass is 9.82. The molecule has 0 saturated carbocycles. The van der Waals surface area contributed by atoms with Crippen LogP contribution in [0.2, 0.25) is 0 Å². The fourth-order valence-electron chi connectivity index (χ4n) is 6.62. The van der Waals surface area contributed by atoms with Crippen LogP contribution >= 0.6 is 0 Å². The smallest absolute Gasteiger partial charge is 0.160 e. The summed E-state index contributed by atoms with van der Waals surface area (Å²) in [6, 6.07) is 50.9. The van der Waals surface area contributed by atoms with Gasteiger partial charge in [-0.1, -0.05) is 135 Å². The SMILES string of the molecule is CC1(C)c2ccccc2-c2c(-c3cc(-c4ccc(-c5ccccc5)nc4)nc(-c4cccc(-c5ccccc5)c4)n3)cccc21. The largest absolute Gasteiger partial charge is 0.256 e. The fourth-order valence-corrected chi connectivity index (χ4v) is 6.62. The van der Waals surface area contributed by atoms with Crippen LogP contribution in [-0.2, 0) is 5.41 Å². The van der Waals surface area contributed by atoms with E-state index in [0.717, 1.165) is 50.5 Å². The molecular formula is C42H31N3. The van der Waals surface area contributed by atoms with Crippen molar-refractivity contribution in [2.45, 2.75) is 19.3 Å². The Labute approximate surface area is 264 Å². The number of aromatic nitrogens is 3. The van der Waals surface area contributed by atoms with Gasteiger partial charge in [-0.3, -0.25) is 4.98 Å². The van der Waals surface area contributed by atoms with E-state index in [2.05, 4.69) is 135 Å². The second-order valence-electron chi connectivity index (χ2n) is 12.1. The van der Waals surface area contributed by atoms with E-state index in [-0.39, 0.29) is 5.41 Å². The Bertz CT molecular complexity index is 2170. The Kier molecular flexibility index (Phi) is 6.46. The molecule has 3 heteroatoms. The maximum Gasteiger partial charge on any atom is 0.160 e. The van der Waals surface area contributed by atoms with Crippen molar-refractivity contribution in [3.63, 3.8) is 0 Å². The molecule has 0 saturated heterocycles. The number of hydrogen-bond acceptors (Lipinski definition) is 3. The van der Waals surface area contributed by atoms with Crippen LogP contribution in [0.5, 0.6) is 0 Å². The summed E-state index contributed by atoms with van der Waals surface area (Å²) >= 11 is 0. The second-order valence-corrected chi connectivity index (χ2v) is 12.1. The molecule has 0 amide bonds. The molecule has 0 unspecified atom stereocenters. The number of nitrogens with zero attached hydrogens (tertiary/aromatic N) is 3. The molecule has 0 spiro atoms. The van der Waals surface area contributed by atoms with Crippen molar-refractivity contribution in [3.8, 4) is 67.4 Å². The molecule has 45 heavy (non-hydrogen) atoms. The predicted molar refractivity (Wildman–Crippen MR) is 185 cm³/mol. The third kappa shape index (κ3) is 4.74. The first-order chi connectivity index (χ1) is 22.1. The molecule has 1 aliphatic carbocycles. The molecule has 1 aliphatic rings. The van der Waals surface area contributed by atoms with Gasteiger partial charge in [0.1, 0.15) is 0 Å². The summed E-state index contributed by atoms with van der Waals surface area (Å²) < 4.78 is 0.